The predicted molar refractivity (Wildman–Crippen MR) is 45.6 cm³/mol. The molecule has 0 aromatic heterocycles. The third kappa shape index (κ3) is 12.8. The number of nitrogens with zero attached hydrogens (tertiary/aromatic N) is 1. The molecule has 0 aromatic rings. The van der Waals surface area contributed by atoms with Gasteiger partial charge in [0.05, 0.1) is 6.61 Å². The summed E-state index contributed by atoms with van der Waals surface area (Å²) in [6, 6.07) is 0. The van der Waals surface area contributed by atoms with Gasteiger partial charge >= 0.3 is 11.9 Å². The van der Waals surface area contributed by atoms with E-state index in [1.54, 1.807) is 6.92 Å². The zero-order valence-corrected chi connectivity index (χ0v) is 7.73. The number of carbonyl (C=O) groups excluding carboxylic acids is 2. The summed E-state index contributed by atoms with van der Waals surface area (Å²) in [5, 5.41) is 15.6. The Morgan fingerprint density at radius 3 is 2.36 bits per heavy atom. The predicted octanol–water partition coefficient (Wildman–Crippen LogP) is -0.262. The van der Waals surface area contributed by atoms with Crippen LogP contribution in [0, 0.1) is 11.5 Å². The van der Waals surface area contributed by atoms with Gasteiger partial charge in [0, 0.05) is 6.08 Å². The van der Waals surface area contributed by atoms with Crippen molar-refractivity contribution in [1.82, 2.24) is 0 Å². The van der Waals surface area contributed by atoms with E-state index in [1.165, 1.54) is 6.26 Å². The summed E-state index contributed by atoms with van der Waals surface area (Å²) in [6.45, 7) is 4.55. The molecule has 0 rings (SSSR count). The lowest BCUT2D eigenvalue weighted by Gasteiger charge is -1.93. The second-order valence-electron chi connectivity index (χ2n) is 1.68. The lowest BCUT2D eigenvalue weighted by atomic mass is 10.7. The first kappa shape index (κ1) is 14.6. The Hall–Kier alpha value is -1.87. The van der Waals surface area contributed by atoms with Crippen molar-refractivity contribution in [1.29, 1.82) is 5.26 Å². The average molecular weight is 201 g/mol. The van der Waals surface area contributed by atoms with Crippen molar-refractivity contribution in [2.24, 2.45) is 0 Å². The number of esters is 2. The minimum atomic E-state index is -0.720. The molecule has 0 bridgehead atoms. The van der Waals surface area contributed by atoms with Crippen LogP contribution in [0.3, 0.4) is 0 Å². The minimum Gasteiger partial charge on any atom is -0.464 e. The molecule has 0 aliphatic carbocycles. The number of aliphatic hydroxyl groups excluding tert-OH is 1. The lowest BCUT2D eigenvalue weighted by molar-refractivity contribution is -0.146. The topological polar surface area (TPSA) is 96.6 Å². The van der Waals surface area contributed by atoms with Gasteiger partial charge < -0.3 is 14.6 Å². The molecule has 0 fully saturated rings. The van der Waals surface area contributed by atoms with Gasteiger partial charge in [-0.1, -0.05) is 6.58 Å². The first-order valence-corrected chi connectivity index (χ1v) is 3.61. The van der Waals surface area contributed by atoms with Crippen LogP contribution in [0.1, 0.15) is 6.92 Å². The molecule has 0 aliphatic rings. The molecule has 0 saturated heterocycles. The number of hydrogen-bond acceptors (Lipinski definition) is 6. The number of nitriles is 1. The molecule has 0 spiro atoms. The minimum absolute atomic E-state index is 0.333. The van der Waals surface area contributed by atoms with Gasteiger partial charge in [-0.2, -0.15) is 0 Å². The molecule has 1 N–H and O–H groups in total. The lowest BCUT2D eigenvalue weighted by Crippen LogP contribution is -2.07. The van der Waals surface area contributed by atoms with Crippen molar-refractivity contribution in [3.8, 4) is 6.26 Å². The molecule has 6 nitrogen and oxygen atoms in total. The van der Waals surface area contributed by atoms with E-state index in [2.05, 4.69) is 16.1 Å². The van der Waals surface area contributed by atoms with Crippen LogP contribution in [0.4, 0.5) is 0 Å². The van der Waals surface area contributed by atoms with E-state index in [0.717, 1.165) is 6.08 Å². The van der Waals surface area contributed by atoms with Crippen molar-refractivity contribution < 1.29 is 24.2 Å². The van der Waals surface area contributed by atoms with Crippen molar-refractivity contribution in [2.75, 3.05) is 13.2 Å². The maximum Gasteiger partial charge on any atom is 0.345 e. The Morgan fingerprint density at radius 2 is 2.21 bits per heavy atom. The van der Waals surface area contributed by atoms with Crippen LogP contribution in [0.15, 0.2) is 12.7 Å². The van der Waals surface area contributed by atoms with Gasteiger partial charge in [-0.3, -0.25) is 0 Å². The molecule has 0 saturated carbocycles. The Bertz CT molecular complexity index is 230. The Morgan fingerprint density at radius 1 is 1.64 bits per heavy atom. The summed E-state index contributed by atoms with van der Waals surface area (Å²) in [4.78, 5) is 19.8. The van der Waals surface area contributed by atoms with Gasteiger partial charge in [0.15, 0.2) is 0 Å². The number of rotatable bonds is 3. The standard InChI is InChI=1S/C4H3NO2.C4H8O3/c1-2-4(6)7-3-5;1-2-7-4(6)3-5/h2H,1H2;5H,2-3H2,1H3. The second kappa shape index (κ2) is 11.1. The van der Waals surface area contributed by atoms with Crippen molar-refractivity contribution in [3.05, 3.63) is 12.7 Å². The van der Waals surface area contributed by atoms with Gasteiger partial charge in [0.25, 0.3) is 6.26 Å². The monoisotopic (exact) mass is 201 g/mol. The van der Waals surface area contributed by atoms with E-state index < -0.39 is 18.5 Å². The zero-order chi connectivity index (χ0) is 11.4. The molecule has 0 radical (unpaired) electrons. The molecule has 78 valence electrons. The van der Waals surface area contributed by atoms with E-state index in [4.69, 9.17) is 10.4 Å². The smallest absolute Gasteiger partial charge is 0.345 e. The van der Waals surface area contributed by atoms with Crippen LogP contribution in [-0.2, 0) is 19.1 Å². The SMILES string of the molecule is C=CC(=O)OC#N.CCOC(=O)CO. The Kier molecular flexibility index (Phi) is 11.6. The van der Waals surface area contributed by atoms with Gasteiger partial charge in [-0.25, -0.2) is 9.59 Å². The summed E-state index contributed by atoms with van der Waals surface area (Å²) in [5.41, 5.74) is 0. The van der Waals surface area contributed by atoms with E-state index in [9.17, 15) is 9.59 Å². The summed E-state index contributed by atoms with van der Waals surface area (Å²) in [7, 11) is 0. The summed E-state index contributed by atoms with van der Waals surface area (Å²) in [5.74, 6) is -1.29. The quantitative estimate of drug-likeness (QED) is 0.384. The number of carbonyl (C=O) groups is 2. The van der Waals surface area contributed by atoms with E-state index >= 15 is 0 Å². The van der Waals surface area contributed by atoms with Crippen LogP contribution in [0.5, 0.6) is 0 Å². The Labute approximate surface area is 81.3 Å². The Balaban J connectivity index is 0. The first-order chi connectivity index (χ1) is 6.62. The maximum atomic E-state index is 9.94. The molecular weight excluding hydrogens is 190 g/mol. The maximum absolute atomic E-state index is 9.94. The van der Waals surface area contributed by atoms with E-state index in [-0.39, 0.29) is 0 Å². The number of aliphatic hydroxyl groups is 1. The highest BCUT2D eigenvalue weighted by Crippen LogP contribution is 1.72. The van der Waals surface area contributed by atoms with Gasteiger partial charge in [-0.05, 0) is 6.92 Å². The average Bonchev–Trinajstić information content (AvgIpc) is 2.19. The van der Waals surface area contributed by atoms with Crippen LogP contribution in [0.2, 0.25) is 0 Å². The molecule has 0 aromatic carbocycles. The highest BCUT2D eigenvalue weighted by molar-refractivity contribution is 5.81. The molecular formula is C8H11NO5. The zero-order valence-electron chi connectivity index (χ0n) is 7.73. The molecule has 0 amide bonds. The van der Waals surface area contributed by atoms with Crippen LogP contribution in [-0.4, -0.2) is 30.3 Å². The van der Waals surface area contributed by atoms with E-state index in [1.807, 2.05) is 0 Å². The van der Waals surface area contributed by atoms with E-state index in [0.29, 0.717) is 6.61 Å². The van der Waals surface area contributed by atoms with Gasteiger partial charge in [0.2, 0.25) is 0 Å². The normalized spacial score (nSPS) is 7.21. The van der Waals surface area contributed by atoms with Gasteiger partial charge in [-0.15, -0.1) is 5.26 Å². The number of hydrogen-bond donors (Lipinski definition) is 1. The van der Waals surface area contributed by atoms with Crippen LogP contribution < -0.4 is 0 Å². The second-order valence-corrected chi connectivity index (χ2v) is 1.68. The fourth-order valence-corrected chi connectivity index (χ4v) is 0.293. The number of ether oxygens (including phenoxy) is 2. The molecule has 0 atom stereocenters. The summed E-state index contributed by atoms with van der Waals surface area (Å²) < 4.78 is 8.04. The van der Waals surface area contributed by atoms with Crippen molar-refractivity contribution in [3.63, 3.8) is 0 Å². The first-order valence-electron chi connectivity index (χ1n) is 3.61. The third-order valence-electron chi connectivity index (χ3n) is 0.747. The van der Waals surface area contributed by atoms with Crippen molar-refractivity contribution in [2.45, 2.75) is 6.92 Å². The highest BCUT2D eigenvalue weighted by Gasteiger charge is 1.92. The van der Waals surface area contributed by atoms with Crippen LogP contribution >= 0.6 is 0 Å². The summed E-state index contributed by atoms with van der Waals surface area (Å²) >= 11 is 0. The molecule has 0 aliphatic heterocycles. The molecule has 6 heteroatoms. The van der Waals surface area contributed by atoms with Crippen molar-refractivity contribution >= 4 is 11.9 Å². The molecule has 14 heavy (non-hydrogen) atoms. The third-order valence-corrected chi connectivity index (χ3v) is 0.747. The highest BCUT2D eigenvalue weighted by atomic mass is 16.5. The van der Waals surface area contributed by atoms with Gasteiger partial charge in [0.1, 0.15) is 6.61 Å². The fourth-order valence-electron chi connectivity index (χ4n) is 0.293. The van der Waals surface area contributed by atoms with Crippen LogP contribution in [0.25, 0.3) is 0 Å². The largest absolute Gasteiger partial charge is 0.464 e. The molecule has 0 unspecified atom stereocenters. The molecule has 0 heterocycles. The summed E-state index contributed by atoms with van der Waals surface area (Å²) in [6.07, 6.45) is 2.12. The fraction of sp³-hybridized carbons (Fsp3) is 0.375.